The highest BCUT2D eigenvalue weighted by atomic mass is 15.4. The Balaban J connectivity index is 2.17. The molecule has 1 aliphatic heterocycles. The Morgan fingerprint density at radius 2 is 2.17 bits per heavy atom. The molecule has 0 bridgehead atoms. The van der Waals surface area contributed by atoms with Crippen molar-refractivity contribution in [2.24, 2.45) is 0 Å². The molecule has 5 nitrogen and oxygen atoms in total. The number of nitrogens with one attached hydrogen (secondary N) is 1. The fourth-order valence-electron chi connectivity index (χ4n) is 2.56. The summed E-state index contributed by atoms with van der Waals surface area (Å²) in [4.78, 5) is 2.36. The number of likely N-dealkylation sites (N-methyl/N-ethyl adjacent to an activating group) is 1. The van der Waals surface area contributed by atoms with Crippen LogP contribution in [0.3, 0.4) is 0 Å². The van der Waals surface area contributed by atoms with Crippen LogP contribution in [-0.4, -0.2) is 40.9 Å². The van der Waals surface area contributed by atoms with E-state index in [4.69, 9.17) is 5.73 Å². The molecule has 0 aliphatic carbocycles. The Kier molecular flexibility index (Phi) is 3.80. The Hall–Kier alpha value is -1.23. The fraction of sp³-hybridized carbons (Fsp3) is 0.769. The van der Waals surface area contributed by atoms with Crippen LogP contribution in [0.4, 0.5) is 11.5 Å². The lowest BCUT2D eigenvalue weighted by Gasteiger charge is -2.31. The predicted octanol–water partition coefficient (Wildman–Crippen LogP) is 1.86. The molecular weight excluding hydrogens is 226 g/mol. The molecule has 5 heteroatoms. The van der Waals surface area contributed by atoms with Crippen LogP contribution in [0.25, 0.3) is 0 Å². The minimum Gasteiger partial charge on any atom is -0.394 e. The van der Waals surface area contributed by atoms with E-state index in [9.17, 15) is 0 Å². The van der Waals surface area contributed by atoms with Crippen LogP contribution < -0.4 is 11.1 Å². The Bertz CT molecular complexity index is 410. The monoisotopic (exact) mass is 251 g/mol. The highest BCUT2D eigenvalue weighted by molar-refractivity contribution is 5.65. The second-order valence-electron chi connectivity index (χ2n) is 5.63. The first kappa shape index (κ1) is 13.2. The van der Waals surface area contributed by atoms with Crippen LogP contribution in [0.5, 0.6) is 0 Å². The molecule has 1 aliphatic rings. The molecule has 0 amide bonds. The second kappa shape index (κ2) is 5.18. The van der Waals surface area contributed by atoms with Crippen LogP contribution in [0.1, 0.15) is 38.4 Å². The summed E-state index contributed by atoms with van der Waals surface area (Å²) < 4.78 is 2.00. The number of anilines is 2. The number of hydrogen-bond acceptors (Lipinski definition) is 4. The van der Waals surface area contributed by atoms with Gasteiger partial charge in [0.15, 0.2) is 0 Å². The summed E-state index contributed by atoms with van der Waals surface area (Å²) in [6, 6.07) is 0.796. The van der Waals surface area contributed by atoms with Crippen molar-refractivity contribution >= 4 is 11.5 Å². The van der Waals surface area contributed by atoms with Gasteiger partial charge in [-0.2, -0.15) is 5.10 Å². The first-order chi connectivity index (χ1) is 8.49. The fourth-order valence-corrected chi connectivity index (χ4v) is 2.56. The smallest absolute Gasteiger partial charge is 0.148 e. The van der Waals surface area contributed by atoms with Crippen molar-refractivity contribution in [2.75, 3.05) is 31.2 Å². The maximum absolute atomic E-state index is 6.13. The molecule has 1 fully saturated rings. The standard InChI is InChI=1S/C13H25N5/c1-9(2)18-13(12(14)10(3)16-18)15-11-6-5-7-17(4)8-11/h9,11,15H,5-8,14H2,1-4H3. The molecule has 1 aromatic heterocycles. The normalized spacial score (nSPS) is 21.5. The summed E-state index contributed by atoms with van der Waals surface area (Å²) in [5, 5.41) is 8.09. The van der Waals surface area contributed by atoms with Crippen molar-refractivity contribution in [1.29, 1.82) is 0 Å². The highest BCUT2D eigenvalue weighted by Gasteiger charge is 2.21. The SMILES string of the molecule is Cc1nn(C(C)C)c(NC2CCCN(C)C2)c1N. The zero-order valence-corrected chi connectivity index (χ0v) is 11.9. The average Bonchev–Trinajstić information content (AvgIpc) is 2.57. The Morgan fingerprint density at radius 3 is 2.78 bits per heavy atom. The minimum absolute atomic E-state index is 0.324. The van der Waals surface area contributed by atoms with Crippen molar-refractivity contribution < 1.29 is 0 Å². The van der Waals surface area contributed by atoms with Gasteiger partial charge in [-0.15, -0.1) is 0 Å². The number of nitrogen functional groups attached to an aromatic ring is 1. The van der Waals surface area contributed by atoms with Crippen molar-refractivity contribution in [2.45, 2.75) is 45.7 Å². The first-order valence-corrected chi connectivity index (χ1v) is 6.78. The number of nitrogens with zero attached hydrogens (tertiary/aromatic N) is 3. The van der Waals surface area contributed by atoms with E-state index in [1.165, 1.54) is 19.4 Å². The topological polar surface area (TPSA) is 59.1 Å². The highest BCUT2D eigenvalue weighted by Crippen LogP contribution is 2.27. The molecule has 0 radical (unpaired) electrons. The number of hydrogen-bond donors (Lipinski definition) is 2. The summed E-state index contributed by atoms with van der Waals surface area (Å²) in [6.45, 7) is 8.48. The van der Waals surface area contributed by atoms with Gasteiger partial charge in [-0.1, -0.05) is 0 Å². The number of piperidine rings is 1. The molecule has 0 aromatic carbocycles. The molecule has 2 rings (SSSR count). The summed E-state index contributed by atoms with van der Waals surface area (Å²) in [5.41, 5.74) is 7.83. The zero-order valence-electron chi connectivity index (χ0n) is 11.9. The third kappa shape index (κ3) is 2.61. The van der Waals surface area contributed by atoms with E-state index in [1.807, 2.05) is 11.6 Å². The largest absolute Gasteiger partial charge is 0.394 e. The third-order valence-electron chi connectivity index (χ3n) is 3.59. The lowest BCUT2D eigenvalue weighted by Crippen LogP contribution is -2.40. The van der Waals surface area contributed by atoms with Gasteiger partial charge < -0.3 is 16.0 Å². The van der Waals surface area contributed by atoms with Crippen LogP contribution in [-0.2, 0) is 0 Å². The molecule has 3 N–H and O–H groups in total. The van der Waals surface area contributed by atoms with Gasteiger partial charge in [0.2, 0.25) is 0 Å². The number of nitrogens with two attached hydrogens (primary N) is 1. The van der Waals surface area contributed by atoms with E-state index in [0.29, 0.717) is 12.1 Å². The number of likely N-dealkylation sites (tertiary alicyclic amines) is 1. The van der Waals surface area contributed by atoms with Crippen LogP contribution in [0.2, 0.25) is 0 Å². The van der Waals surface area contributed by atoms with Gasteiger partial charge in [0.1, 0.15) is 5.82 Å². The van der Waals surface area contributed by atoms with E-state index in [-0.39, 0.29) is 0 Å². The molecule has 1 atom stereocenters. The maximum Gasteiger partial charge on any atom is 0.148 e. The molecule has 102 valence electrons. The average molecular weight is 251 g/mol. The second-order valence-corrected chi connectivity index (χ2v) is 5.63. The van der Waals surface area contributed by atoms with Gasteiger partial charge in [-0.25, -0.2) is 4.68 Å². The quantitative estimate of drug-likeness (QED) is 0.861. The number of aryl methyl sites for hydroxylation is 1. The molecule has 2 heterocycles. The molecule has 0 saturated carbocycles. The predicted molar refractivity (Wildman–Crippen MR) is 75.9 cm³/mol. The molecular formula is C13H25N5. The lowest BCUT2D eigenvalue weighted by atomic mass is 10.1. The summed E-state index contributed by atoms with van der Waals surface area (Å²) >= 11 is 0. The third-order valence-corrected chi connectivity index (χ3v) is 3.59. The van der Waals surface area contributed by atoms with Gasteiger partial charge >= 0.3 is 0 Å². The maximum atomic E-state index is 6.13. The molecule has 1 aromatic rings. The molecule has 1 unspecified atom stereocenters. The Labute approximate surface area is 109 Å². The van der Waals surface area contributed by atoms with E-state index >= 15 is 0 Å². The number of rotatable bonds is 3. The van der Waals surface area contributed by atoms with Crippen molar-refractivity contribution in [3.05, 3.63) is 5.69 Å². The van der Waals surface area contributed by atoms with Crippen molar-refractivity contribution in [3.63, 3.8) is 0 Å². The van der Waals surface area contributed by atoms with Crippen LogP contribution in [0, 0.1) is 6.92 Å². The zero-order chi connectivity index (χ0) is 13.3. The van der Waals surface area contributed by atoms with Gasteiger partial charge in [0.25, 0.3) is 0 Å². The summed E-state index contributed by atoms with van der Waals surface area (Å²) in [5.74, 6) is 0.989. The van der Waals surface area contributed by atoms with Gasteiger partial charge in [0, 0.05) is 18.6 Å². The van der Waals surface area contributed by atoms with Gasteiger partial charge in [0.05, 0.1) is 11.4 Å². The van der Waals surface area contributed by atoms with E-state index in [2.05, 4.69) is 36.2 Å². The van der Waals surface area contributed by atoms with Gasteiger partial charge in [-0.3, -0.25) is 0 Å². The first-order valence-electron chi connectivity index (χ1n) is 6.78. The minimum atomic E-state index is 0.324. The number of aromatic nitrogens is 2. The van der Waals surface area contributed by atoms with E-state index in [0.717, 1.165) is 23.7 Å². The van der Waals surface area contributed by atoms with Crippen LogP contribution >= 0.6 is 0 Å². The molecule has 0 spiro atoms. The van der Waals surface area contributed by atoms with E-state index < -0.39 is 0 Å². The van der Waals surface area contributed by atoms with E-state index in [1.54, 1.807) is 0 Å². The van der Waals surface area contributed by atoms with Crippen molar-refractivity contribution in [1.82, 2.24) is 14.7 Å². The summed E-state index contributed by atoms with van der Waals surface area (Å²) in [7, 11) is 2.17. The van der Waals surface area contributed by atoms with Crippen LogP contribution in [0.15, 0.2) is 0 Å². The van der Waals surface area contributed by atoms with Crippen molar-refractivity contribution in [3.8, 4) is 0 Å². The Morgan fingerprint density at radius 1 is 1.44 bits per heavy atom. The lowest BCUT2D eigenvalue weighted by molar-refractivity contribution is 0.260. The summed E-state index contributed by atoms with van der Waals surface area (Å²) in [6.07, 6.45) is 2.44. The molecule has 1 saturated heterocycles. The van der Waals surface area contributed by atoms with Gasteiger partial charge in [-0.05, 0) is 47.2 Å². The molecule has 18 heavy (non-hydrogen) atoms.